The molecule has 2 aromatic carbocycles. The second kappa shape index (κ2) is 23.8. The number of ether oxygens (including phenoxy) is 3. The standard InChI is InChI=1S/C39H63O4P.Li.H/c1-9-15-21-31(12-4)26-41-34-24-35(42-27-32(13-5)22-16-10-2)38(36(25-34)43-28-33(14-6)23-17-11-3)44-39(40)37-29(7)19-18-20-30(37)8;;/h18-20,24-25,31-33,44H,9-17,21-23,26-28H2,1-8H3;;. The predicted molar refractivity (Wildman–Crippen MR) is 198 cm³/mol. The molecule has 0 aliphatic carbocycles. The van der Waals surface area contributed by atoms with Crippen LogP contribution in [0.2, 0.25) is 0 Å². The molecule has 0 saturated carbocycles. The van der Waals surface area contributed by atoms with Crippen molar-refractivity contribution < 1.29 is 19.0 Å². The Balaban J connectivity index is 0.0000101. The van der Waals surface area contributed by atoms with Gasteiger partial charge in [-0.2, -0.15) is 0 Å². The minimum absolute atomic E-state index is 0. The summed E-state index contributed by atoms with van der Waals surface area (Å²) in [6.45, 7) is 19.5. The van der Waals surface area contributed by atoms with Gasteiger partial charge < -0.3 is 14.2 Å². The average molecular weight is 635 g/mol. The van der Waals surface area contributed by atoms with Gasteiger partial charge in [0.15, 0.2) is 5.52 Å². The van der Waals surface area contributed by atoms with E-state index in [1.165, 1.54) is 44.9 Å². The molecular weight excluding hydrogens is 570 g/mol. The summed E-state index contributed by atoms with van der Waals surface area (Å²) in [5.74, 6) is 3.74. The fourth-order valence-electron chi connectivity index (χ4n) is 5.67. The van der Waals surface area contributed by atoms with Crippen LogP contribution in [0.3, 0.4) is 0 Å². The predicted octanol–water partition coefficient (Wildman–Crippen LogP) is 10.6. The number of aryl methyl sites for hydroxylation is 2. The van der Waals surface area contributed by atoms with E-state index in [1.54, 1.807) is 0 Å². The van der Waals surface area contributed by atoms with Crippen molar-refractivity contribution in [2.24, 2.45) is 17.8 Å². The van der Waals surface area contributed by atoms with Crippen LogP contribution in [0.4, 0.5) is 0 Å². The van der Waals surface area contributed by atoms with Crippen LogP contribution >= 0.6 is 8.58 Å². The number of hydrogen-bond donors (Lipinski definition) is 0. The monoisotopic (exact) mass is 634 g/mol. The first-order chi connectivity index (χ1) is 21.3. The summed E-state index contributed by atoms with van der Waals surface area (Å²) in [5, 5.41) is 0.874. The molecule has 45 heavy (non-hydrogen) atoms. The van der Waals surface area contributed by atoms with Crippen LogP contribution in [-0.2, 0) is 0 Å². The zero-order chi connectivity index (χ0) is 32.3. The summed E-state index contributed by atoms with van der Waals surface area (Å²) in [6, 6.07) is 10.1. The second-order valence-electron chi connectivity index (χ2n) is 12.7. The Hall–Kier alpha value is -1.46. The fourth-order valence-corrected chi connectivity index (χ4v) is 6.95. The van der Waals surface area contributed by atoms with Gasteiger partial charge in [-0.25, -0.2) is 0 Å². The quantitative estimate of drug-likeness (QED) is 0.0851. The van der Waals surface area contributed by atoms with E-state index in [-0.39, 0.29) is 33.0 Å². The number of rotatable bonds is 24. The Bertz CT molecular complexity index is 1040. The molecule has 4 atom stereocenters. The molecule has 4 nitrogen and oxygen atoms in total. The van der Waals surface area contributed by atoms with Crippen LogP contribution < -0.4 is 19.5 Å². The summed E-state index contributed by atoms with van der Waals surface area (Å²) in [6.07, 6.45) is 13.9. The van der Waals surface area contributed by atoms with E-state index in [9.17, 15) is 4.79 Å². The van der Waals surface area contributed by atoms with E-state index in [4.69, 9.17) is 14.2 Å². The molecular formula is C39H64LiO4P. The van der Waals surface area contributed by atoms with Crippen LogP contribution in [0.1, 0.15) is 140 Å². The van der Waals surface area contributed by atoms with Crippen molar-refractivity contribution in [3.8, 4) is 17.2 Å². The first-order valence-electron chi connectivity index (χ1n) is 17.7. The molecule has 0 fully saturated rings. The Morgan fingerprint density at radius 3 is 1.44 bits per heavy atom. The van der Waals surface area contributed by atoms with E-state index in [1.807, 2.05) is 44.2 Å². The SMILES string of the molecule is CCCCC(CC)COc1cc(OCC(CC)CCCC)c(PC(=O)c2c(C)cccc2C)c(OCC(CC)CCCC)c1.[LiH]. The molecule has 0 amide bonds. The van der Waals surface area contributed by atoms with Crippen LogP contribution in [-0.4, -0.2) is 44.2 Å². The Kier molecular flexibility index (Phi) is 22.0. The van der Waals surface area contributed by atoms with E-state index in [0.717, 1.165) is 71.3 Å². The second-order valence-corrected chi connectivity index (χ2v) is 13.9. The number of carbonyl (C=O) groups is 1. The van der Waals surface area contributed by atoms with E-state index < -0.39 is 0 Å². The number of benzene rings is 2. The maximum atomic E-state index is 13.9. The van der Waals surface area contributed by atoms with Crippen molar-refractivity contribution in [2.75, 3.05) is 19.8 Å². The van der Waals surface area contributed by atoms with Gasteiger partial charge in [0.1, 0.15) is 17.2 Å². The van der Waals surface area contributed by atoms with Gasteiger partial charge in [-0.1, -0.05) is 118 Å². The fraction of sp³-hybridized carbons (Fsp3) is 0.667. The van der Waals surface area contributed by atoms with Crippen LogP contribution in [0.5, 0.6) is 17.2 Å². The van der Waals surface area contributed by atoms with Crippen molar-refractivity contribution in [3.63, 3.8) is 0 Å². The number of hydrogen-bond acceptors (Lipinski definition) is 4. The Morgan fingerprint density at radius 1 is 0.667 bits per heavy atom. The molecule has 0 aliphatic rings. The Labute approximate surface area is 290 Å². The summed E-state index contributed by atoms with van der Waals surface area (Å²) < 4.78 is 19.8. The normalized spacial score (nSPS) is 13.3. The maximum absolute atomic E-state index is 13.9. The zero-order valence-electron chi connectivity index (χ0n) is 29.4. The van der Waals surface area contributed by atoms with Crippen molar-refractivity contribution in [2.45, 2.75) is 132 Å². The number of carbonyl (C=O) groups excluding carboxylic acids is 1. The summed E-state index contributed by atoms with van der Waals surface area (Å²) in [5.41, 5.74) is 2.97. The molecule has 0 aliphatic heterocycles. The summed E-state index contributed by atoms with van der Waals surface area (Å²) in [7, 11) is -0.0945. The minimum atomic E-state index is -0.0945. The molecule has 4 unspecified atom stereocenters. The molecule has 0 N–H and O–H groups in total. The van der Waals surface area contributed by atoms with Gasteiger partial charge in [0, 0.05) is 17.7 Å². The topological polar surface area (TPSA) is 44.8 Å². The molecule has 0 bridgehead atoms. The third-order valence-corrected chi connectivity index (χ3v) is 10.3. The van der Waals surface area contributed by atoms with Crippen LogP contribution in [0.15, 0.2) is 30.3 Å². The third kappa shape index (κ3) is 14.5. The average Bonchev–Trinajstić information content (AvgIpc) is 3.02. The zero-order valence-corrected chi connectivity index (χ0v) is 30.4. The Morgan fingerprint density at radius 2 is 1.07 bits per heavy atom. The van der Waals surface area contributed by atoms with Gasteiger partial charge in [0.05, 0.1) is 25.1 Å². The van der Waals surface area contributed by atoms with E-state index >= 15 is 0 Å². The molecule has 2 rings (SSSR count). The molecule has 6 heteroatoms. The van der Waals surface area contributed by atoms with Gasteiger partial charge >= 0.3 is 18.9 Å². The number of unbranched alkanes of at least 4 members (excludes halogenated alkanes) is 3. The van der Waals surface area contributed by atoms with Gasteiger partial charge in [0.2, 0.25) is 0 Å². The molecule has 250 valence electrons. The van der Waals surface area contributed by atoms with Gasteiger partial charge in [-0.3, -0.25) is 4.79 Å². The molecule has 0 spiro atoms. The van der Waals surface area contributed by atoms with Crippen molar-refractivity contribution >= 4 is 38.3 Å². The van der Waals surface area contributed by atoms with Crippen LogP contribution in [0, 0.1) is 31.6 Å². The molecule has 0 saturated heterocycles. The molecule has 0 heterocycles. The molecule has 0 aromatic heterocycles. The van der Waals surface area contributed by atoms with E-state index in [2.05, 4.69) is 41.5 Å². The first-order valence-corrected chi connectivity index (χ1v) is 18.7. The van der Waals surface area contributed by atoms with Gasteiger partial charge in [-0.15, -0.1) is 0 Å². The van der Waals surface area contributed by atoms with Gasteiger partial charge in [0.25, 0.3) is 0 Å². The molecule has 0 radical (unpaired) electrons. The van der Waals surface area contributed by atoms with Crippen molar-refractivity contribution in [1.29, 1.82) is 0 Å². The van der Waals surface area contributed by atoms with Crippen LogP contribution in [0.25, 0.3) is 0 Å². The van der Waals surface area contributed by atoms with Crippen molar-refractivity contribution in [3.05, 3.63) is 47.0 Å². The first kappa shape index (κ1) is 41.6. The van der Waals surface area contributed by atoms with Crippen molar-refractivity contribution in [1.82, 2.24) is 0 Å². The van der Waals surface area contributed by atoms with E-state index in [0.29, 0.717) is 37.6 Å². The summed E-state index contributed by atoms with van der Waals surface area (Å²) >= 11 is 0. The third-order valence-electron chi connectivity index (χ3n) is 9.05. The summed E-state index contributed by atoms with van der Waals surface area (Å²) in [4.78, 5) is 13.9. The van der Waals surface area contributed by atoms with Gasteiger partial charge in [-0.05, 0) is 70.6 Å². The molecule has 2 aromatic rings.